The molecule has 1 heterocycles. The number of piperidine rings is 1. The number of rotatable bonds is 6. The summed E-state index contributed by atoms with van der Waals surface area (Å²) in [5.41, 5.74) is 0.0794. The van der Waals surface area contributed by atoms with Crippen molar-refractivity contribution in [3.05, 3.63) is 33.8 Å². The first kappa shape index (κ1) is 18.3. The summed E-state index contributed by atoms with van der Waals surface area (Å²) in [4.78, 5) is 14.8. The van der Waals surface area contributed by atoms with Gasteiger partial charge in [0.2, 0.25) is 0 Å². The Balaban J connectivity index is 1.95. The van der Waals surface area contributed by atoms with E-state index >= 15 is 0 Å². The topological polar surface area (TPSA) is 43.8 Å². The Hall–Kier alpha value is -1.05. The maximum absolute atomic E-state index is 14.0. The van der Waals surface area contributed by atoms with Gasteiger partial charge in [-0.1, -0.05) is 6.92 Å². The van der Waals surface area contributed by atoms with E-state index in [1.165, 1.54) is 12.1 Å². The summed E-state index contributed by atoms with van der Waals surface area (Å²) in [7, 11) is 0. The van der Waals surface area contributed by atoms with Crippen LogP contribution in [0.2, 0.25) is 0 Å². The number of nitrogens with zero attached hydrogens (tertiary/aromatic N) is 2. The fourth-order valence-corrected chi connectivity index (χ4v) is 3.42. The predicted octanol–water partition coefficient (Wildman–Crippen LogP) is 3.10. The normalized spacial score (nSPS) is 16.9. The molecule has 0 saturated carbocycles. The standard InChI is InChI=1S/C16H21BrF2N2O2/c1-2-21(10-15(22)23)11-5-7-20(8-6-11)9-12-14(18)4-3-13(17)16(12)19/h3-4,11H,2,5-10H2,1H3,(H,22,23). The lowest BCUT2D eigenvalue weighted by molar-refractivity contribution is -0.139. The third kappa shape index (κ3) is 4.71. The van der Waals surface area contributed by atoms with Crippen LogP contribution in [0.25, 0.3) is 0 Å². The summed E-state index contributed by atoms with van der Waals surface area (Å²) < 4.78 is 28.1. The lowest BCUT2D eigenvalue weighted by atomic mass is 10.0. The maximum atomic E-state index is 14.0. The van der Waals surface area contributed by atoms with Crippen LogP contribution in [-0.2, 0) is 11.3 Å². The van der Waals surface area contributed by atoms with Gasteiger partial charge in [-0.2, -0.15) is 0 Å². The van der Waals surface area contributed by atoms with Crippen LogP contribution in [0.3, 0.4) is 0 Å². The molecule has 1 aromatic rings. The molecular weight excluding hydrogens is 370 g/mol. The second-order valence-corrected chi connectivity index (χ2v) is 6.64. The van der Waals surface area contributed by atoms with Crippen LogP contribution in [-0.4, -0.2) is 53.1 Å². The zero-order chi connectivity index (χ0) is 17.0. The highest BCUT2D eigenvalue weighted by Crippen LogP contribution is 2.25. The van der Waals surface area contributed by atoms with E-state index in [0.717, 1.165) is 12.8 Å². The Kier molecular flexibility index (Phi) is 6.50. The van der Waals surface area contributed by atoms with E-state index in [0.29, 0.717) is 19.6 Å². The number of hydrogen-bond donors (Lipinski definition) is 1. The van der Waals surface area contributed by atoms with Gasteiger partial charge in [-0.15, -0.1) is 0 Å². The van der Waals surface area contributed by atoms with Crippen LogP contribution < -0.4 is 0 Å². The van der Waals surface area contributed by atoms with Gasteiger partial charge >= 0.3 is 5.97 Å². The van der Waals surface area contributed by atoms with Crippen molar-refractivity contribution in [2.24, 2.45) is 0 Å². The molecule has 7 heteroatoms. The third-order valence-corrected chi connectivity index (χ3v) is 4.95. The number of likely N-dealkylation sites (N-methyl/N-ethyl adjacent to an activating group) is 1. The minimum Gasteiger partial charge on any atom is -0.480 e. The fraction of sp³-hybridized carbons (Fsp3) is 0.562. The Labute approximate surface area is 143 Å². The van der Waals surface area contributed by atoms with Gasteiger partial charge in [-0.25, -0.2) is 8.78 Å². The van der Waals surface area contributed by atoms with Crippen LogP contribution >= 0.6 is 15.9 Å². The highest BCUT2D eigenvalue weighted by Gasteiger charge is 2.26. The smallest absolute Gasteiger partial charge is 0.317 e. The number of carboxylic acid groups (broad SMARTS) is 1. The molecule has 0 radical (unpaired) electrons. The molecule has 1 fully saturated rings. The largest absolute Gasteiger partial charge is 0.480 e. The van der Waals surface area contributed by atoms with E-state index in [4.69, 9.17) is 5.11 Å². The molecule has 1 N–H and O–H groups in total. The summed E-state index contributed by atoms with van der Waals surface area (Å²) in [6.45, 7) is 4.30. The van der Waals surface area contributed by atoms with Crippen molar-refractivity contribution >= 4 is 21.9 Å². The molecule has 23 heavy (non-hydrogen) atoms. The molecule has 0 aromatic heterocycles. The van der Waals surface area contributed by atoms with Crippen molar-refractivity contribution in [1.82, 2.24) is 9.80 Å². The molecule has 1 saturated heterocycles. The minimum absolute atomic E-state index is 0.0378. The average Bonchev–Trinajstić information content (AvgIpc) is 2.53. The van der Waals surface area contributed by atoms with E-state index in [2.05, 4.69) is 15.9 Å². The molecule has 1 aliphatic rings. The molecule has 0 amide bonds. The van der Waals surface area contributed by atoms with Gasteiger partial charge in [0.1, 0.15) is 11.6 Å². The first-order valence-corrected chi connectivity index (χ1v) is 8.52. The zero-order valence-corrected chi connectivity index (χ0v) is 14.7. The van der Waals surface area contributed by atoms with Gasteiger partial charge in [-0.3, -0.25) is 14.6 Å². The summed E-state index contributed by atoms with van der Waals surface area (Å²) in [6, 6.07) is 2.84. The lowest BCUT2D eigenvalue weighted by Crippen LogP contribution is -2.46. The Morgan fingerprint density at radius 2 is 2.04 bits per heavy atom. The van der Waals surface area contributed by atoms with Gasteiger partial charge in [0.15, 0.2) is 0 Å². The average molecular weight is 391 g/mol. The van der Waals surface area contributed by atoms with E-state index in [-0.39, 0.29) is 29.2 Å². The highest BCUT2D eigenvalue weighted by molar-refractivity contribution is 9.10. The number of benzene rings is 1. The molecule has 1 aliphatic heterocycles. The van der Waals surface area contributed by atoms with E-state index < -0.39 is 17.6 Å². The molecular formula is C16H21BrF2N2O2. The summed E-state index contributed by atoms with van der Waals surface area (Å²) >= 11 is 3.08. The van der Waals surface area contributed by atoms with Crippen molar-refractivity contribution in [3.63, 3.8) is 0 Å². The quantitative estimate of drug-likeness (QED) is 0.757. The molecule has 1 aromatic carbocycles. The Bertz CT molecular complexity index is 563. The second-order valence-electron chi connectivity index (χ2n) is 5.79. The Morgan fingerprint density at radius 1 is 1.39 bits per heavy atom. The van der Waals surface area contributed by atoms with Crippen molar-refractivity contribution in [1.29, 1.82) is 0 Å². The first-order chi connectivity index (χ1) is 10.9. The predicted molar refractivity (Wildman–Crippen MR) is 87.2 cm³/mol. The zero-order valence-electron chi connectivity index (χ0n) is 13.1. The number of aliphatic carboxylic acids is 1. The number of carboxylic acids is 1. The van der Waals surface area contributed by atoms with Crippen molar-refractivity contribution in [3.8, 4) is 0 Å². The second kappa shape index (κ2) is 8.17. The number of carbonyl (C=O) groups is 1. The van der Waals surface area contributed by atoms with Gasteiger partial charge in [0.25, 0.3) is 0 Å². The minimum atomic E-state index is -0.826. The van der Waals surface area contributed by atoms with E-state index in [1.807, 2.05) is 16.7 Å². The summed E-state index contributed by atoms with van der Waals surface area (Å²) in [6.07, 6.45) is 1.61. The molecule has 0 spiro atoms. The molecule has 0 unspecified atom stereocenters. The van der Waals surface area contributed by atoms with Crippen molar-refractivity contribution in [2.45, 2.75) is 32.4 Å². The Morgan fingerprint density at radius 3 is 2.61 bits per heavy atom. The maximum Gasteiger partial charge on any atom is 0.317 e. The molecule has 0 aliphatic carbocycles. The fourth-order valence-electron chi connectivity index (χ4n) is 3.05. The molecule has 0 atom stereocenters. The van der Waals surface area contributed by atoms with Crippen molar-refractivity contribution in [2.75, 3.05) is 26.2 Å². The van der Waals surface area contributed by atoms with Gasteiger partial charge in [0, 0.05) is 18.2 Å². The number of likely N-dealkylation sites (tertiary alicyclic amines) is 1. The van der Waals surface area contributed by atoms with Crippen LogP contribution in [0, 0.1) is 11.6 Å². The molecule has 4 nitrogen and oxygen atoms in total. The van der Waals surface area contributed by atoms with Crippen molar-refractivity contribution < 1.29 is 18.7 Å². The van der Waals surface area contributed by atoms with Gasteiger partial charge in [0.05, 0.1) is 11.0 Å². The highest BCUT2D eigenvalue weighted by atomic mass is 79.9. The van der Waals surface area contributed by atoms with Crippen LogP contribution in [0.15, 0.2) is 16.6 Å². The number of halogens is 3. The first-order valence-electron chi connectivity index (χ1n) is 7.73. The third-order valence-electron chi connectivity index (χ3n) is 4.34. The molecule has 2 rings (SSSR count). The van der Waals surface area contributed by atoms with Crippen LogP contribution in [0.5, 0.6) is 0 Å². The summed E-state index contributed by atoms with van der Waals surface area (Å²) in [5, 5.41) is 8.94. The molecule has 0 bridgehead atoms. The molecule has 128 valence electrons. The summed E-state index contributed by atoms with van der Waals surface area (Å²) in [5.74, 6) is -1.91. The van der Waals surface area contributed by atoms with Gasteiger partial charge < -0.3 is 5.11 Å². The van der Waals surface area contributed by atoms with Gasteiger partial charge in [-0.05, 0) is 60.5 Å². The van der Waals surface area contributed by atoms with Crippen LogP contribution in [0.4, 0.5) is 8.78 Å². The van der Waals surface area contributed by atoms with E-state index in [1.54, 1.807) is 0 Å². The number of hydrogen-bond acceptors (Lipinski definition) is 3. The monoisotopic (exact) mass is 390 g/mol. The van der Waals surface area contributed by atoms with Crippen LogP contribution in [0.1, 0.15) is 25.3 Å². The lowest BCUT2D eigenvalue weighted by Gasteiger charge is -2.37. The van der Waals surface area contributed by atoms with E-state index in [9.17, 15) is 13.6 Å². The SMILES string of the molecule is CCN(CC(=O)O)C1CCN(Cc2c(F)ccc(Br)c2F)CC1.